The normalized spacial score (nSPS) is 21.3. The number of thioether (sulfide) groups is 1. The van der Waals surface area contributed by atoms with Crippen LogP contribution in [0, 0.1) is 0 Å². The number of anilines is 1. The third-order valence-electron chi connectivity index (χ3n) is 3.44. The molecule has 1 N–H and O–H groups in total. The molecule has 1 aromatic heterocycles. The van der Waals surface area contributed by atoms with E-state index in [1.807, 2.05) is 11.8 Å². The Balaban J connectivity index is 2.09. The summed E-state index contributed by atoms with van der Waals surface area (Å²) in [5.41, 5.74) is -0.00666. The fraction of sp³-hybridized carbons (Fsp3) is 0.615. The SMILES string of the molecule is COC(=O)Cn1ncc(NCC2(C)CCCS2)c(Cl)c1=O. The van der Waals surface area contributed by atoms with Crippen molar-refractivity contribution in [3.63, 3.8) is 0 Å². The monoisotopic (exact) mass is 331 g/mol. The minimum absolute atomic E-state index is 0.0421. The summed E-state index contributed by atoms with van der Waals surface area (Å²) >= 11 is 7.98. The number of nitrogens with one attached hydrogen (secondary N) is 1. The maximum Gasteiger partial charge on any atom is 0.327 e. The first kappa shape index (κ1) is 16.2. The number of hydrogen-bond donors (Lipinski definition) is 1. The number of aromatic nitrogens is 2. The Kier molecular flexibility index (Phi) is 5.16. The molecule has 2 rings (SSSR count). The molecule has 0 aliphatic carbocycles. The molecule has 0 aromatic carbocycles. The van der Waals surface area contributed by atoms with Crippen molar-refractivity contribution in [3.8, 4) is 0 Å². The minimum atomic E-state index is -0.545. The smallest absolute Gasteiger partial charge is 0.327 e. The van der Waals surface area contributed by atoms with Gasteiger partial charge >= 0.3 is 5.97 Å². The maximum atomic E-state index is 12.0. The van der Waals surface area contributed by atoms with Gasteiger partial charge in [0.1, 0.15) is 11.6 Å². The second-order valence-corrected chi connectivity index (χ2v) is 7.23. The van der Waals surface area contributed by atoms with Gasteiger partial charge in [-0.3, -0.25) is 9.59 Å². The second kappa shape index (κ2) is 6.70. The van der Waals surface area contributed by atoms with E-state index in [-0.39, 0.29) is 16.3 Å². The molecule has 0 bridgehead atoms. The summed E-state index contributed by atoms with van der Waals surface area (Å²) in [5, 5.41) is 7.17. The molecule has 0 radical (unpaired) electrons. The molecular weight excluding hydrogens is 314 g/mol. The molecule has 1 atom stereocenters. The third kappa shape index (κ3) is 3.91. The van der Waals surface area contributed by atoms with Gasteiger partial charge in [-0.1, -0.05) is 11.6 Å². The number of halogens is 1. The van der Waals surface area contributed by atoms with E-state index in [1.165, 1.54) is 19.7 Å². The summed E-state index contributed by atoms with van der Waals surface area (Å²) in [5.74, 6) is 0.612. The fourth-order valence-electron chi connectivity index (χ4n) is 2.15. The lowest BCUT2D eigenvalue weighted by Crippen LogP contribution is -2.30. The summed E-state index contributed by atoms with van der Waals surface area (Å²) in [6, 6.07) is 0. The van der Waals surface area contributed by atoms with Gasteiger partial charge in [0.25, 0.3) is 5.56 Å². The van der Waals surface area contributed by atoms with Crippen LogP contribution in [-0.4, -0.2) is 39.9 Å². The van der Waals surface area contributed by atoms with Crippen molar-refractivity contribution in [2.24, 2.45) is 0 Å². The molecule has 0 amide bonds. The standard InChI is InChI=1S/C13H18ClN3O3S/c1-13(4-3-5-21-13)8-15-9-6-16-17(7-10(18)20-2)12(19)11(9)14/h6,15H,3-5,7-8H2,1-2H3. The first-order chi connectivity index (χ1) is 9.95. The lowest BCUT2D eigenvalue weighted by atomic mass is 10.1. The Bertz CT molecular complexity index is 585. The Morgan fingerprint density at radius 3 is 3.05 bits per heavy atom. The second-order valence-electron chi connectivity index (χ2n) is 5.17. The number of carbonyl (C=O) groups is 1. The highest BCUT2D eigenvalue weighted by Crippen LogP contribution is 2.37. The Hall–Kier alpha value is -1.21. The van der Waals surface area contributed by atoms with Gasteiger partial charge in [0, 0.05) is 11.3 Å². The molecule has 1 aliphatic rings. The van der Waals surface area contributed by atoms with E-state index in [9.17, 15) is 9.59 Å². The van der Waals surface area contributed by atoms with Crippen molar-refractivity contribution >= 4 is 35.0 Å². The van der Waals surface area contributed by atoms with E-state index >= 15 is 0 Å². The minimum Gasteiger partial charge on any atom is -0.468 e. The summed E-state index contributed by atoms with van der Waals surface area (Å²) in [7, 11) is 1.25. The van der Waals surface area contributed by atoms with Crippen LogP contribution in [0.5, 0.6) is 0 Å². The molecule has 1 aliphatic heterocycles. The molecule has 116 valence electrons. The number of nitrogens with zero attached hydrogens (tertiary/aromatic N) is 2. The first-order valence-corrected chi connectivity index (χ1v) is 8.02. The average Bonchev–Trinajstić information content (AvgIpc) is 2.90. The fourth-order valence-corrected chi connectivity index (χ4v) is 3.60. The molecule has 1 fully saturated rings. The number of rotatable bonds is 5. The average molecular weight is 332 g/mol. The van der Waals surface area contributed by atoms with Crippen molar-refractivity contribution in [2.45, 2.75) is 31.1 Å². The van der Waals surface area contributed by atoms with Crippen LogP contribution in [0.15, 0.2) is 11.0 Å². The van der Waals surface area contributed by atoms with Crippen molar-refractivity contribution in [2.75, 3.05) is 24.7 Å². The Labute approximate surface area is 132 Å². The zero-order chi connectivity index (χ0) is 15.5. The van der Waals surface area contributed by atoms with Crippen molar-refractivity contribution in [1.82, 2.24) is 9.78 Å². The maximum absolute atomic E-state index is 12.0. The van der Waals surface area contributed by atoms with Crippen molar-refractivity contribution in [1.29, 1.82) is 0 Å². The van der Waals surface area contributed by atoms with Gasteiger partial charge < -0.3 is 10.1 Å². The van der Waals surface area contributed by atoms with Gasteiger partial charge in [-0.05, 0) is 25.5 Å². The topological polar surface area (TPSA) is 73.2 Å². The molecule has 1 unspecified atom stereocenters. The summed E-state index contributed by atoms with van der Waals surface area (Å²) < 4.78 is 5.66. The van der Waals surface area contributed by atoms with Gasteiger partial charge in [0.15, 0.2) is 0 Å². The molecule has 0 spiro atoms. The van der Waals surface area contributed by atoms with Gasteiger partial charge in [-0.15, -0.1) is 0 Å². The highest BCUT2D eigenvalue weighted by Gasteiger charge is 2.29. The highest BCUT2D eigenvalue weighted by molar-refractivity contribution is 8.00. The van der Waals surface area contributed by atoms with Crippen molar-refractivity contribution < 1.29 is 9.53 Å². The van der Waals surface area contributed by atoms with E-state index in [1.54, 1.807) is 0 Å². The Morgan fingerprint density at radius 2 is 2.43 bits per heavy atom. The van der Waals surface area contributed by atoms with Crippen LogP contribution in [-0.2, 0) is 16.1 Å². The largest absolute Gasteiger partial charge is 0.468 e. The van der Waals surface area contributed by atoms with Gasteiger partial charge in [-0.2, -0.15) is 16.9 Å². The van der Waals surface area contributed by atoms with Crippen LogP contribution >= 0.6 is 23.4 Å². The predicted molar refractivity (Wildman–Crippen MR) is 84.1 cm³/mol. The van der Waals surface area contributed by atoms with E-state index in [4.69, 9.17) is 11.6 Å². The van der Waals surface area contributed by atoms with Crippen LogP contribution in [0.3, 0.4) is 0 Å². The van der Waals surface area contributed by atoms with E-state index in [0.29, 0.717) is 5.69 Å². The number of carbonyl (C=O) groups excluding carboxylic acids is 1. The number of esters is 1. The molecule has 6 nitrogen and oxygen atoms in total. The van der Waals surface area contributed by atoms with E-state index in [0.717, 1.165) is 23.4 Å². The number of methoxy groups -OCH3 is 1. The number of hydrogen-bond acceptors (Lipinski definition) is 6. The van der Waals surface area contributed by atoms with Crippen molar-refractivity contribution in [3.05, 3.63) is 21.6 Å². The molecule has 1 saturated heterocycles. The summed E-state index contributed by atoms with van der Waals surface area (Å²) in [6.07, 6.45) is 3.81. The zero-order valence-electron chi connectivity index (χ0n) is 12.0. The number of ether oxygens (including phenoxy) is 1. The summed E-state index contributed by atoms with van der Waals surface area (Å²) in [4.78, 5) is 23.2. The molecule has 8 heteroatoms. The van der Waals surface area contributed by atoms with Crippen LogP contribution < -0.4 is 10.9 Å². The zero-order valence-corrected chi connectivity index (χ0v) is 13.6. The quantitative estimate of drug-likeness (QED) is 0.829. The van der Waals surface area contributed by atoms with Gasteiger partial charge in [0.05, 0.1) is 19.0 Å². The van der Waals surface area contributed by atoms with Crippen LogP contribution in [0.25, 0.3) is 0 Å². The first-order valence-electron chi connectivity index (χ1n) is 6.65. The van der Waals surface area contributed by atoms with Gasteiger partial charge in [-0.25, -0.2) is 4.68 Å². The summed E-state index contributed by atoms with van der Waals surface area (Å²) in [6.45, 7) is 2.67. The molecule has 0 saturated carbocycles. The lowest BCUT2D eigenvalue weighted by Gasteiger charge is -2.23. The van der Waals surface area contributed by atoms with Gasteiger partial charge in [0.2, 0.25) is 0 Å². The van der Waals surface area contributed by atoms with E-state index in [2.05, 4.69) is 22.1 Å². The Morgan fingerprint density at radius 1 is 1.67 bits per heavy atom. The molecule has 1 aromatic rings. The lowest BCUT2D eigenvalue weighted by molar-refractivity contribution is -0.141. The predicted octanol–water partition coefficient (Wildman–Crippen LogP) is 1.77. The molecular formula is C13H18ClN3O3S. The molecule has 2 heterocycles. The highest BCUT2D eigenvalue weighted by atomic mass is 35.5. The van der Waals surface area contributed by atoms with Crippen LogP contribution in [0.1, 0.15) is 19.8 Å². The third-order valence-corrected chi connectivity index (χ3v) is 5.35. The van der Waals surface area contributed by atoms with E-state index < -0.39 is 11.5 Å². The molecule has 21 heavy (non-hydrogen) atoms. The van der Waals surface area contributed by atoms with Crippen LogP contribution in [0.2, 0.25) is 5.02 Å². The van der Waals surface area contributed by atoms with Crippen LogP contribution in [0.4, 0.5) is 5.69 Å².